The number of aromatic nitrogens is 1. The summed E-state index contributed by atoms with van der Waals surface area (Å²) in [6, 6.07) is 10.4. The van der Waals surface area contributed by atoms with Crippen LogP contribution in [-0.2, 0) is 6.54 Å². The van der Waals surface area contributed by atoms with Crippen molar-refractivity contribution in [3.05, 3.63) is 65.7 Å². The molecule has 2 fully saturated rings. The minimum absolute atomic E-state index is 0.110. The number of hydrogen-bond acceptors (Lipinski definition) is 5. The van der Waals surface area contributed by atoms with Crippen LogP contribution in [0.25, 0.3) is 0 Å². The van der Waals surface area contributed by atoms with E-state index >= 15 is 0 Å². The Morgan fingerprint density at radius 2 is 1.97 bits per heavy atom. The Morgan fingerprint density at radius 1 is 1.17 bits per heavy atom. The summed E-state index contributed by atoms with van der Waals surface area (Å²) in [4.78, 5) is 18.7. The molecule has 2 aromatic rings. The zero-order chi connectivity index (χ0) is 20.1. The predicted molar refractivity (Wildman–Crippen MR) is 108 cm³/mol. The summed E-state index contributed by atoms with van der Waals surface area (Å²) in [5, 5.41) is 5.93. The van der Waals surface area contributed by atoms with Gasteiger partial charge in [0.2, 0.25) is 0 Å². The highest BCUT2D eigenvalue weighted by atomic mass is 19.1. The van der Waals surface area contributed by atoms with Crippen molar-refractivity contribution in [1.29, 1.82) is 0 Å². The summed E-state index contributed by atoms with van der Waals surface area (Å²) in [5.74, 6) is -0.276. The first-order valence-corrected chi connectivity index (χ1v) is 10.1. The molecule has 4 rings (SSSR count). The number of carbonyl (C=O) groups excluding carboxylic acids is 1. The van der Waals surface area contributed by atoms with Gasteiger partial charge in [0, 0.05) is 37.6 Å². The second-order valence-corrected chi connectivity index (χ2v) is 7.66. The predicted octanol–water partition coefficient (Wildman–Crippen LogP) is 2.05. The lowest BCUT2D eigenvalue weighted by molar-refractivity contribution is 0.124. The molecule has 0 radical (unpaired) electrons. The number of nitrogens with zero attached hydrogens (tertiary/aromatic N) is 2. The van der Waals surface area contributed by atoms with Crippen LogP contribution >= 0.6 is 0 Å². The summed E-state index contributed by atoms with van der Waals surface area (Å²) < 4.78 is 13.0. The number of urea groups is 1. The van der Waals surface area contributed by atoms with Crippen LogP contribution in [0.5, 0.6) is 0 Å². The Hall–Kier alpha value is -2.55. The molecule has 0 bridgehead atoms. The maximum Gasteiger partial charge on any atom is 0.315 e. The molecule has 2 saturated heterocycles. The van der Waals surface area contributed by atoms with Crippen LogP contribution in [0.3, 0.4) is 0 Å². The Morgan fingerprint density at radius 3 is 2.76 bits per heavy atom. The number of likely N-dealkylation sites (tertiary alicyclic amines) is 1. The van der Waals surface area contributed by atoms with Crippen molar-refractivity contribution in [1.82, 2.24) is 31.4 Å². The fraction of sp³-hybridized carbons (Fsp3) is 0.429. The summed E-state index contributed by atoms with van der Waals surface area (Å²) in [5.41, 5.74) is 8.86. The number of rotatable bonds is 5. The highest BCUT2D eigenvalue weighted by molar-refractivity contribution is 5.74. The van der Waals surface area contributed by atoms with E-state index < -0.39 is 0 Å². The Labute approximate surface area is 170 Å². The lowest BCUT2D eigenvalue weighted by Gasteiger charge is -2.36. The minimum Gasteiger partial charge on any atom is -0.334 e. The minimum atomic E-state index is -0.276. The molecule has 2 aliphatic heterocycles. The molecule has 0 saturated carbocycles. The Balaban J connectivity index is 1.24. The third-order valence-electron chi connectivity index (χ3n) is 5.59. The third kappa shape index (κ3) is 5.29. The SMILES string of the molecule is O=C(NCc1ccc(F)cc1)NC1CCCN(C2CC(c3ccncc3)NN2)C1. The number of benzene rings is 1. The van der Waals surface area contributed by atoms with Crippen molar-refractivity contribution in [2.45, 2.75) is 44.1 Å². The average Bonchev–Trinajstić information content (AvgIpc) is 3.25. The van der Waals surface area contributed by atoms with Gasteiger partial charge in [0.15, 0.2) is 0 Å². The van der Waals surface area contributed by atoms with Crippen LogP contribution in [0.15, 0.2) is 48.8 Å². The lowest BCUT2D eigenvalue weighted by Crippen LogP contribution is -2.55. The Kier molecular flexibility index (Phi) is 6.33. The topological polar surface area (TPSA) is 81.3 Å². The van der Waals surface area contributed by atoms with Crippen LogP contribution in [-0.4, -0.2) is 41.2 Å². The van der Waals surface area contributed by atoms with Gasteiger partial charge in [-0.05, 0) is 61.2 Å². The van der Waals surface area contributed by atoms with Crippen molar-refractivity contribution >= 4 is 6.03 Å². The normalized spacial score (nSPS) is 24.9. The van der Waals surface area contributed by atoms with Gasteiger partial charge in [0.1, 0.15) is 5.82 Å². The first kappa shape index (κ1) is 19.8. The standard InChI is InChI=1S/C21H27FN6O/c22-17-5-3-15(4-6-17)13-24-21(29)25-18-2-1-11-28(14-18)20-12-19(26-27-20)16-7-9-23-10-8-16/h3-10,18-20,26-27H,1-2,11-14H2,(H2,24,25,29). The van der Waals surface area contributed by atoms with Gasteiger partial charge in [-0.3, -0.25) is 9.88 Å². The zero-order valence-electron chi connectivity index (χ0n) is 16.3. The quantitative estimate of drug-likeness (QED) is 0.620. The Bertz CT molecular complexity index is 803. The highest BCUT2D eigenvalue weighted by Gasteiger charge is 2.32. The van der Waals surface area contributed by atoms with E-state index in [2.05, 4.69) is 31.4 Å². The van der Waals surface area contributed by atoms with Crippen molar-refractivity contribution in [3.63, 3.8) is 0 Å². The monoisotopic (exact) mass is 398 g/mol. The van der Waals surface area contributed by atoms with E-state index in [0.717, 1.165) is 37.9 Å². The average molecular weight is 398 g/mol. The maximum atomic E-state index is 13.0. The number of pyridine rings is 1. The number of hydrazine groups is 1. The molecule has 7 nitrogen and oxygen atoms in total. The summed E-state index contributed by atoms with van der Waals surface area (Å²) >= 11 is 0. The van der Waals surface area contributed by atoms with E-state index in [1.807, 2.05) is 24.5 Å². The molecule has 4 N–H and O–H groups in total. The van der Waals surface area contributed by atoms with E-state index in [9.17, 15) is 9.18 Å². The van der Waals surface area contributed by atoms with E-state index in [-0.39, 0.29) is 30.1 Å². The van der Waals surface area contributed by atoms with Crippen molar-refractivity contribution in [2.75, 3.05) is 13.1 Å². The first-order chi connectivity index (χ1) is 14.2. The fourth-order valence-electron chi connectivity index (χ4n) is 4.02. The second-order valence-electron chi connectivity index (χ2n) is 7.66. The number of carbonyl (C=O) groups is 1. The molecular weight excluding hydrogens is 371 g/mol. The highest BCUT2D eigenvalue weighted by Crippen LogP contribution is 2.25. The first-order valence-electron chi connectivity index (χ1n) is 10.1. The van der Waals surface area contributed by atoms with Crippen LogP contribution < -0.4 is 21.5 Å². The summed E-state index contributed by atoms with van der Waals surface area (Å²) in [7, 11) is 0. The fourth-order valence-corrected chi connectivity index (χ4v) is 4.02. The van der Waals surface area contributed by atoms with Crippen LogP contribution in [0.2, 0.25) is 0 Å². The third-order valence-corrected chi connectivity index (χ3v) is 5.59. The van der Waals surface area contributed by atoms with Gasteiger partial charge in [-0.2, -0.15) is 0 Å². The molecule has 29 heavy (non-hydrogen) atoms. The van der Waals surface area contributed by atoms with Gasteiger partial charge in [0.25, 0.3) is 0 Å². The van der Waals surface area contributed by atoms with E-state index in [0.29, 0.717) is 6.54 Å². The van der Waals surface area contributed by atoms with Crippen LogP contribution in [0, 0.1) is 5.82 Å². The number of amides is 2. The molecule has 3 unspecified atom stereocenters. The smallest absolute Gasteiger partial charge is 0.315 e. The molecule has 8 heteroatoms. The maximum absolute atomic E-state index is 13.0. The van der Waals surface area contributed by atoms with Crippen LogP contribution in [0.4, 0.5) is 9.18 Å². The number of piperidine rings is 1. The second kappa shape index (κ2) is 9.30. The molecule has 1 aromatic heterocycles. The van der Waals surface area contributed by atoms with Gasteiger partial charge in [-0.25, -0.2) is 20.0 Å². The molecule has 1 aromatic carbocycles. The molecule has 2 amide bonds. The van der Waals surface area contributed by atoms with Gasteiger partial charge >= 0.3 is 6.03 Å². The molecular formula is C21H27FN6O. The largest absolute Gasteiger partial charge is 0.334 e. The number of nitrogens with one attached hydrogen (secondary N) is 4. The van der Waals surface area contributed by atoms with Crippen LogP contribution in [0.1, 0.15) is 36.4 Å². The lowest BCUT2D eigenvalue weighted by atomic mass is 10.0. The molecule has 0 spiro atoms. The van der Waals surface area contributed by atoms with E-state index in [4.69, 9.17) is 0 Å². The molecule has 3 atom stereocenters. The van der Waals surface area contributed by atoms with E-state index in [1.165, 1.54) is 17.7 Å². The molecule has 0 aliphatic carbocycles. The van der Waals surface area contributed by atoms with E-state index in [1.54, 1.807) is 12.1 Å². The van der Waals surface area contributed by atoms with Crippen molar-refractivity contribution in [2.24, 2.45) is 0 Å². The zero-order valence-corrected chi connectivity index (χ0v) is 16.3. The van der Waals surface area contributed by atoms with Gasteiger partial charge in [0.05, 0.1) is 6.17 Å². The van der Waals surface area contributed by atoms with Crippen molar-refractivity contribution in [3.8, 4) is 0 Å². The summed E-state index contributed by atoms with van der Waals surface area (Å²) in [6.45, 7) is 2.20. The summed E-state index contributed by atoms with van der Waals surface area (Å²) in [6.07, 6.45) is 6.84. The molecule has 3 heterocycles. The molecule has 2 aliphatic rings. The van der Waals surface area contributed by atoms with Gasteiger partial charge in [-0.15, -0.1) is 0 Å². The number of hydrogen-bond donors (Lipinski definition) is 4. The van der Waals surface area contributed by atoms with Gasteiger partial charge in [-0.1, -0.05) is 12.1 Å². The number of halogens is 1. The molecule has 154 valence electrons. The van der Waals surface area contributed by atoms with Gasteiger partial charge < -0.3 is 10.6 Å². The van der Waals surface area contributed by atoms with Crippen molar-refractivity contribution < 1.29 is 9.18 Å².